The van der Waals surface area contributed by atoms with Crippen molar-refractivity contribution in [3.05, 3.63) is 30.0 Å². The molecule has 1 aromatic heterocycles. The molecule has 0 atom stereocenters. The lowest BCUT2D eigenvalue weighted by atomic mass is 10.2. The van der Waals surface area contributed by atoms with Crippen molar-refractivity contribution in [3.63, 3.8) is 0 Å². The van der Waals surface area contributed by atoms with Crippen molar-refractivity contribution in [1.82, 2.24) is 4.98 Å². The number of nitriles is 1. The fraction of sp³-hybridized carbons (Fsp3) is 0. The van der Waals surface area contributed by atoms with Crippen molar-refractivity contribution in [2.75, 3.05) is 5.73 Å². The van der Waals surface area contributed by atoms with E-state index in [9.17, 15) is 0 Å². The molecule has 0 saturated heterocycles. The summed E-state index contributed by atoms with van der Waals surface area (Å²) < 4.78 is 0. The molecule has 4 heteroatoms. The second-order valence-electron chi connectivity index (χ2n) is 2.62. The van der Waals surface area contributed by atoms with Crippen LogP contribution in [-0.2, 0) is 0 Å². The van der Waals surface area contributed by atoms with Gasteiger partial charge in [-0.1, -0.05) is 0 Å². The average molecular weight is 194 g/mol. The van der Waals surface area contributed by atoms with Crippen LogP contribution in [0.5, 0.6) is 0 Å². The number of nitrogens with one attached hydrogen (secondary N) is 1. The molecule has 0 aliphatic carbocycles. The Bertz CT molecular complexity index is 467. The molecule has 0 aliphatic heterocycles. The van der Waals surface area contributed by atoms with Gasteiger partial charge in [0.15, 0.2) is 0 Å². The van der Waals surface area contributed by atoms with Gasteiger partial charge in [-0.15, -0.1) is 12.4 Å². The SMILES string of the molecule is Cl.N#Cc1c[nH]c2cc(N)ccc12. The van der Waals surface area contributed by atoms with Crippen molar-refractivity contribution >= 4 is 29.0 Å². The van der Waals surface area contributed by atoms with E-state index in [0.717, 1.165) is 10.9 Å². The fourth-order valence-corrected chi connectivity index (χ4v) is 1.24. The van der Waals surface area contributed by atoms with Crippen LogP contribution in [0, 0.1) is 11.3 Å². The van der Waals surface area contributed by atoms with Crippen molar-refractivity contribution in [1.29, 1.82) is 5.26 Å². The number of nitrogen functional groups attached to an aromatic ring is 1. The first-order chi connectivity index (χ1) is 5.81. The standard InChI is InChI=1S/C9H7N3.ClH/c10-4-6-5-12-9-3-7(11)1-2-8(6)9;/h1-3,5,12H,11H2;1H. The molecule has 0 bridgehead atoms. The van der Waals surface area contributed by atoms with E-state index in [1.165, 1.54) is 0 Å². The Morgan fingerprint density at radius 3 is 2.85 bits per heavy atom. The number of anilines is 1. The van der Waals surface area contributed by atoms with Gasteiger partial charge in [0.05, 0.1) is 5.56 Å². The van der Waals surface area contributed by atoms with Gasteiger partial charge in [0.25, 0.3) is 0 Å². The summed E-state index contributed by atoms with van der Waals surface area (Å²) in [4.78, 5) is 2.98. The summed E-state index contributed by atoms with van der Waals surface area (Å²) in [7, 11) is 0. The number of halogens is 1. The molecule has 0 saturated carbocycles. The lowest BCUT2D eigenvalue weighted by Crippen LogP contribution is -1.82. The number of nitrogens with zero attached hydrogens (tertiary/aromatic N) is 1. The molecule has 0 unspecified atom stereocenters. The Balaban J connectivity index is 0.000000845. The van der Waals surface area contributed by atoms with E-state index in [2.05, 4.69) is 11.1 Å². The molecule has 1 heterocycles. The number of fused-ring (bicyclic) bond motifs is 1. The van der Waals surface area contributed by atoms with E-state index in [1.54, 1.807) is 12.3 Å². The zero-order chi connectivity index (χ0) is 8.55. The van der Waals surface area contributed by atoms with Gasteiger partial charge in [0, 0.05) is 22.8 Å². The minimum atomic E-state index is 0. The zero-order valence-corrected chi connectivity index (χ0v) is 7.56. The minimum Gasteiger partial charge on any atom is -0.399 e. The molecular formula is C9H8ClN3. The molecule has 3 nitrogen and oxygen atoms in total. The first-order valence-electron chi connectivity index (χ1n) is 3.58. The smallest absolute Gasteiger partial charge is 0.101 e. The van der Waals surface area contributed by atoms with Crippen LogP contribution in [-0.4, -0.2) is 4.98 Å². The summed E-state index contributed by atoms with van der Waals surface area (Å²) in [6.07, 6.45) is 1.68. The van der Waals surface area contributed by atoms with Crippen molar-refractivity contribution < 1.29 is 0 Å². The Morgan fingerprint density at radius 1 is 1.38 bits per heavy atom. The van der Waals surface area contributed by atoms with Crippen LogP contribution in [0.25, 0.3) is 10.9 Å². The number of aromatic amines is 1. The van der Waals surface area contributed by atoms with E-state index in [0.29, 0.717) is 11.3 Å². The molecule has 13 heavy (non-hydrogen) atoms. The van der Waals surface area contributed by atoms with Crippen LogP contribution in [0.1, 0.15) is 5.56 Å². The van der Waals surface area contributed by atoms with Gasteiger partial charge in [-0.25, -0.2) is 0 Å². The van der Waals surface area contributed by atoms with Gasteiger partial charge in [0.2, 0.25) is 0 Å². The molecule has 3 N–H and O–H groups in total. The molecule has 0 spiro atoms. The van der Waals surface area contributed by atoms with E-state index < -0.39 is 0 Å². The molecule has 0 aliphatic rings. The fourth-order valence-electron chi connectivity index (χ4n) is 1.24. The average Bonchev–Trinajstić information content (AvgIpc) is 2.46. The normalized spacial score (nSPS) is 9.15. The summed E-state index contributed by atoms with van der Waals surface area (Å²) in [5, 5.41) is 9.62. The highest BCUT2D eigenvalue weighted by molar-refractivity contribution is 5.87. The second-order valence-corrected chi connectivity index (χ2v) is 2.62. The summed E-state index contributed by atoms with van der Waals surface area (Å²) in [5.41, 5.74) is 7.84. The first-order valence-corrected chi connectivity index (χ1v) is 3.58. The summed E-state index contributed by atoms with van der Waals surface area (Å²) >= 11 is 0. The van der Waals surface area contributed by atoms with Crippen LogP contribution >= 0.6 is 12.4 Å². The third-order valence-corrected chi connectivity index (χ3v) is 1.83. The Morgan fingerprint density at radius 2 is 2.15 bits per heavy atom. The maximum Gasteiger partial charge on any atom is 0.101 e. The van der Waals surface area contributed by atoms with Crippen molar-refractivity contribution in [3.8, 4) is 6.07 Å². The van der Waals surface area contributed by atoms with Crippen LogP contribution in [0.2, 0.25) is 0 Å². The number of H-pyrrole nitrogens is 1. The molecule has 2 aromatic rings. The number of benzene rings is 1. The highest BCUT2D eigenvalue weighted by Crippen LogP contribution is 2.19. The van der Waals surface area contributed by atoms with E-state index in [4.69, 9.17) is 11.0 Å². The van der Waals surface area contributed by atoms with Gasteiger partial charge >= 0.3 is 0 Å². The van der Waals surface area contributed by atoms with Crippen LogP contribution in [0.3, 0.4) is 0 Å². The van der Waals surface area contributed by atoms with Gasteiger partial charge in [-0.3, -0.25) is 0 Å². The first kappa shape index (κ1) is 9.43. The van der Waals surface area contributed by atoms with Gasteiger partial charge < -0.3 is 10.7 Å². The lowest BCUT2D eigenvalue weighted by Gasteiger charge is -1.92. The van der Waals surface area contributed by atoms with Gasteiger partial charge in [-0.2, -0.15) is 5.26 Å². The monoisotopic (exact) mass is 193 g/mol. The summed E-state index contributed by atoms with van der Waals surface area (Å²) in [6, 6.07) is 7.55. The Labute approximate surface area is 81.6 Å². The molecular weight excluding hydrogens is 186 g/mol. The van der Waals surface area contributed by atoms with Crippen LogP contribution < -0.4 is 5.73 Å². The predicted octanol–water partition coefficient (Wildman–Crippen LogP) is 2.04. The quantitative estimate of drug-likeness (QED) is 0.629. The molecule has 0 radical (unpaired) electrons. The van der Waals surface area contributed by atoms with Gasteiger partial charge in [-0.05, 0) is 18.2 Å². The number of nitrogens with two attached hydrogens (primary N) is 1. The van der Waals surface area contributed by atoms with Gasteiger partial charge in [0.1, 0.15) is 6.07 Å². The Hall–Kier alpha value is -1.66. The van der Waals surface area contributed by atoms with Crippen molar-refractivity contribution in [2.24, 2.45) is 0 Å². The van der Waals surface area contributed by atoms with Crippen molar-refractivity contribution in [2.45, 2.75) is 0 Å². The number of aromatic nitrogens is 1. The van der Waals surface area contributed by atoms with E-state index in [1.807, 2.05) is 12.1 Å². The summed E-state index contributed by atoms with van der Waals surface area (Å²) in [6.45, 7) is 0. The molecule has 0 fully saturated rings. The third-order valence-electron chi connectivity index (χ3n) is 1.83. The Kier molecular flexibility index (Phi) is 2.45. The van der Waals surface area contributed by atoms with Crippen LogP contribution in [0.15, 0.2) is 24.4 Å². The third kappa shape index (κ3) is 1.44. The number of rotatable bonds is 0. The minimum absolute atomic E-state index is 0. The highest BCUT2D eigenvalue weighted by Gasteiger charge is 2.01. The largest absolute Gasteiger partial charge is 0.399 e. The molecule has 66 valence electrons. The second kappa shape index (κ2) is 3.38. The number of hydrogen-bond donors (Lipinski definition) is 2. The number of hydrogen-bond acceptors (Lipinski definition) is 2. The van der Waals surface area contributed by atoms with E-state index >= 15 is 0 Å². The van der Waals surface area contributed by atoms with E-state index in [-0.39, 0.29) is 12.4 Å². The molecule has 1 aromatic carbocycles. The molecule has 2 rings (SSSR count). The maximum atomic E-state index is 8.69. The summed E-state index contributed by atoms with van der Waals surface area (Å²) in [5.74, 6) is 0. The lowest BCUT2D eigenvalue weighted by molar-refractivity contribution is 1.45. The highest BCUT2D eigenvalue weighted by atomic mass is 35.5. The zero-order valence-electron chi connectivity index (χ0n) is 6.74. The van der Waals surface area contributed by atoms with Crippen LogP contribution in [0.4, 0.5) is 5.69 Å². The maximum absolute atomic E-state index is 8.69. The topological polar surface area (TPSA) is 65.6 Å². The predicted molar refractivity (Wildman–Crippen MR) is 54.7 cm³/mol. The molecule has 0 amide bonds.